The average Bonchev–Trinajstić information content (AvgIpc) is 3.00. The van der Waals surface area contributed by atoms with Crippen molar-refractivity contribution in [3.8, 4) is 0 Å². The predicted octanol–water partition coefficient (Wildman–Crippen LogP) is 2.49. The number of carbonyl (C=O) groups is 1. The number of nitrogens with one attached hydrogen (secondary N) is 2. The van der Waals surface area contributed by atoms with Crippen LogP contribution in [0, 0.1) is 6.92 Å². The highest BCUT2D eigenvalue weighted by Crippen LogP contribution is 2.20. The largest absolute Gasteiger partial charge is 0.338 e. The molecular weight excluding hydrogens is 294 g/mol. The Morgan fingerprint density at radius 1 is 1.55 bits per heavy atom. The van der Waals surface area contributed by atoms with E-state index < -0.39 is 0 Å². The lowest BCUT2D eigenvalue weighted by atomic mass is 10.4. The minimum Gasteiger partial charge on any atom is -0.338 e. The van der Waals surface area contributed by atoms with E-state index in [0.29, 0.717) is 12.4 Å². The zero-order valence-electron chi connectivity index (χ0n) is 11.4. The van der Waals surface area contributed by atoms with Crippen molar-refractivity contribution in [2.45, 2.75) is 17.7 Å². The number of thioether (sulfide) groups is 1. The van der Waals surface area contributed by atoms with Crippen molar-refractivity contribution in [3.05, 3.63) is 23.3 Å². The van der Waals surface area contributed by atoms with Gasteiger partial charge in [-0.2, -0.15) is 5.10 Å². The fourth-order valence-corrected chi connectivity index (χ4v) is 3.25. The summed E-state index contributed by atoms with van der Waals surface area (Å²) in [6, 6.07) is 1.63. The number of hydrogen-bond donors (Lipinski definition) is 2. The molecular formula is C12H17N5OS2. The summed E-state index contributed by atoms with van der Waals surface area (Å²) in [5.41, 5.74) is 0.877. The Morgan fingerprint density at radius 2 is 2.40 bits per heavy atom. The molecule has 0 radical (unpaired) electrons. The fraction of sp³-hybridized carbons (Fsp3) is 0.417. The highest BCUT2D eigenvalue weighted by molar-refractivity contribution is 8.00. The molecule has 2 amide bonds. The van der Waals surface area contributed by atoms with E-state index in [1.54, 1.807) is 41.0 Å². The maximum Gasteiger partial charge on any atom is 0.320 e. The number of hydrogen-bond acceptors (Lipinski definition) is 5. The highest BCUT2D eigenvalue weighted by Gasteiger charge is 2.06. The number of rotatable bonds is 6. The summed E-state index contributed by atoms with van der Waals surface area (Å²) in [7, 11) is 1.80. The Kier molecular flexibility index (Phi) is 5.42. The number of nitrogens with zero attached hydrogens (tertiary/aromatic N) is 3. The molecule has 2 aromatic rings. The zero-order valence-corrected chi connectivity index (χ0v) is 13.1. The SMILES string of the molecule is Cc1cc(NC(=O)NCCCSc2nccs2)n(C)n1. The summed E-state index contributed by atoms with van der Waals surface area (Å²) in [5, 5.41) is 11.7. The molecule has 0 saturated heterocycles. The van der Waals surface area contributed by atoms with Crippen LogP contribution in [0.4, 0.5) is 10.6 Å². The molecule has 0 spiro atoms. The molecule has 0 fully saturated rings. The van der Waals surface area contributed by atoms with Crippen LogP contribution in [-0.4, -0.2) is 33.1 Å². The Bertz CT molecular complexity index is 552. The number of aryl methyl sites for hydroxylation is 2. The predicted molar refractivity (Wildman–Crippen MR) is 82.4 cm³/mol. The Morgan fingerprint density at radius 3 is 3.05 bits per heavy atom. The Balaban J connectivity index is 1.62. The monoisotopic (exact) mass is 311 g/mol. The van der Waals surface area contributed by atoms with E-state index in [1.165, 1.54) is 0 Å². The van der Waals surface area contributed by atoms with Crippen molar-refractivity contribution in [2.24, 2.45) is 7.05 Å². The second kappa shape index (κ2) is 7.30. The maximum atomic E-state index is 11.7. The molecule has 2 rings (SSSR count). The molecule has 2 aromatic heterocycles. The molecule has 20 heavy (non-hydrogen) atoms. The molecule has 0 aromatic carbocycles. The molecule has 2 heterocycles. The molecule has 6 nitrogen and oxygen atoms in total. The van der Waals surface area contributed by atoms with Gasteiger partial charge in [-0.25, -0.2) is 9.78 Å². The van der Waals surface area contributed by atoms with Gasteiger partial charge in [-0.15, -0.1) is 11.3 Å². The van der Waals surface area contributed by atoms with E-state index in [4.69, 9.17) is 0 Å². The van der Waals surface area contributed by atoms with Gasteiger partial charge in [0.15, 0.2) is 0 Å². The second-order valence-corrected chi connectivity index (χ2v) is 6.41. The van der Waals surface area contributed by atoms with Crippen molar-refractivity contribution in [2.75, 3.05) is 17.6 Å². The van der Waals surface area contributed by atoms with Crippen LogP contribution >= 0.6 is 23.1 Å². The van der Waals surface area contributed by atoms with Crippen LogP contribution in [0.2, 0.25) is 0 Å². The molecule has 8 heteroatoms. The van der Waals surface area contributed by atoms with Crippen LogP contribution < -0.4 is 10.6 Å². The Labute approximate surface area is 126 Å². The maximum absolute atomic E-state index is 11.7. The Hall–Kier alpha value is -1.54. The van der Waals surface area contributed by atoms with E-state index in [9.17, 15) is 4.79 Å². The van der Waals surface area contributed by atoms with Crippen LogP contribution in [0.15, 0.2) is 22.0 Å². The van der Waals surface area contributed by atoms with E-state index in [0.717, 1.165) is 22.2 Å². The molecule has 0 saturated carbocycles. The van der Waals surface area contributed by atoms with Crippen LogP contribution in [0.25, 0.3) is 0 Å². The molecule has 2 N–H and O–H groups in total. The number of thiazole rings is 1. The van der Waals surface area contributed by atoms with Gasteiger partial charge in [0.05, 0.1) is 5.69 Å². The normalized spacial score (nSPS) is 10.5. The topological polar surface area (TPSA) is 71.8 Å². The quantitative estimate of drug-likeness (QED) is 0.635. The van der Waals surface area contributed by atoms with Crippen molar-refractivity contribution >= 4 is 34.9 Å². The van der Waals surface area contributed by atoms with Gasteiger partial charge in [0.2, 0.25) is 0 Å². The van der Waals surface area contributed by atoms with E-state index >= 15 is 0 Å². The fourth-order valence-electron chi connectivity index (χ4n) is 1.60. The number of aromatic nitrogens is 3. The second-order valence-electron chi connectivity index (χ2n) is 4.18. The third-order valence-electron chi connectivity index (χ3n) is 2.49. The summed E-state index contributed by atoms with van der Waals surface area (Å²) in [6.07, 6.45) is 2.71. The third kappa shape index (κ3) is 4.53. The summed E-state index contributed by atoms with van der Waals surface area (Å²) in [5.74, 6) is 1.63. The lowest BCUT2D eigenvalue weighted by Gasteiger charge is -2.07. The molecule has 0 atom stereocenters. The smallest absolute Gasteiger partial charge is 0.320 e. The van der Waals surface area contributed by atoms with Crippen LogP contribution in [0.3, 0.4) is 0 Å². The molecule has 0 aliphatic carbocycles. The van der Waals surface area contributed by atoms with Gasteiger partial charge in [-0.05, 0) is 13.3 Å². The van der Waals surface area contributed by atoms with E-state index in [-0.39, 0.29) is 6.03 Å². The number of amides is 2. The lowest BCUT2D eigenvalue weighted by Crippen LogP contribution is -2.30. The van der Waals surface area contributed by atoms with E-state index in [2.05, 4.69) is 20.7 Å². The van der Waals surface area contributed by atoms with Crippen molar-refractivity contribution < 1.29 is 4.79 Å². The third-order valence-corrected chi connectivity index (χ3v) is 4.54. The lowest BCUT2D eigenvalue weighted by molar-refractivity contribution is 0.252. The first-order valence-corrected chi connectivity index (χ1v) is 8.09. The molecule has 0 aliphatic rings. The number of urea groups is 1. The van der Waals surface area contributed by atoms with Gasteiger partial charge in [0.25, 0.3) is 0 Å². The highest BCUT2D eigenvalue weighted by atomic mass is 32.2. The van der Waals surface area contributed by atoms with Gasteiger partial charge >= 0.3 is 6.03 Å². The average molecular weight is 311 g/mol. The molecule has 0 aliphatic heterocycles. The minimum atomic E-state index is -0.202. The summed E-state index contributed by atoms with van der Waals surface area (Å²) < 4.78 is 2.72. The van der Waals surface area contributed by atoms with Gasteiger partial charge in [0.1, 0.15) is 10.2 Å². The molecule has 0 unspecified atom stereocenters. The first-order chi connectivity index (χ1) is 9.65. The van der Waals surface area contributed by atoms with Gasteiger partial charge in [-0.3, -0.25) is 10.00 Å². The van der Waals surface area contributed by atoms with Gasteiger partial charge in [0, 0.05) is 37.0 Å². The van der Waals surface area contributed by atoms with Crippen LogP contribution in [-0.2, 0) is 7.05 Å². The first kappa shape index (κ1) is 14.9. The van der Waals surface area contributed by atoms with Crippen molar-refractivity contribution in [1.29, 1.82) is 0 Å². The minimum absolute atomic E-state index is 0.202. The zero-order chi connectivity index (χ0) is 14.4. The van der Waals surface area contributed by atoms with Crippen LogP contribution in [0.1, 0.15) is 12.1 Å². The van der Waals surface area contributed by atoms with Crippen LogP contribution in [0.5, 0.6) is 0 Å². The molecule has 0 bridgehead atoms. The summed E-state index contributed by atoms with van der Waals surface area (Å²) >= 11 is 3.35. The number of anilines is 1. The van der Waals surface area contributed by atoms with Gasteiger partial charge < -0.3 is 5.32 Å². The summed E-state index contributed by atoms with van der Waals surface area (Å²) in [6.45, 7) is 2.53. The number of carbonyl (C=O) groups excluding carboxylic acids is 1. The van der Waals surface area contributed by atoms with Gasteiger partial charge in [-0.1, -0.05) is 11.8 Å². The molecule has 108 valence electrons. The van der Waals surface area contributed by atoms with Crippen molar-refractivity contribution in [1.82, 2.24) is 20.1 Å². The van der Waals surface area contributed by atoms with E-state index in [1.807, 2.05) is 18.4 Å². The standard InChI is InChI=1S/C12H17N5OS2/c1-9-8-10(17(2)16-9)15-11(18)13-4-3-6-19-12-14-5-7-20-12/h5,7-8H,3-4,6H2,1-2H3,(H2,13,15,18). The summed E-state index contributed by atoms with van der Waals surface area (Å²) in [4.78, 5) is 15.9. The van der Waals surface area contributed by atoms with Crippen molar-refractivity contribution in [3.63, 3.8) is 0 Å². The first-order valence-electron chi connectivity index (χ1n) is 6.23.